The van der Waals surface area contributed by atoms with Gasteiger partial charge in [-0.25, -0.2) is 4.79 Å². The van der Waals surface area contributed by atoms with Crippen LogP contribution < -0.4 is 4.74 Å². The van der Waals surface area contributed by atoms with E-state index in [4.69, 9.17) is 9.47 Å². The molecule has 0 radical (unpaired) electrons. The monoisotopic (exact) mass is 343 g/mol. The molecule has 4 nitrogen and oxygen atoms in total. The minimum atomic E-state index is -0.124. The first-order chi connectivity index (χ1) is 12.2. The SMILES string of the molecule is CCOC(=O)N1CC[C@@]23CCCC[C@@H]2[C@@H]1Cc1ccc(OCC)cc13. The molecule has 1 aromatic carbocycles. The van der Waals surface area contributed by atoms with Crippen LogP contribution in [0.15, 0.2) is 18.2 Å². The Morgan fingerprint density at radius 3 is 2.92 bits per heavy atom. The van der Waals surface area contributed by atoms with E-state index in [1.54, 1.807) is 0 Å². The Morgan fingerprint density at radius 2 is 2.12 bits per heavy atom. The van der Waals surface area contributed by atoms with Crippen molar-refractivity contribution in [3.8, 4) is 5.75 Å². The number of nitrogens with zero attached hydrogens (tertiary/aromatic N) is 1. The van der Waals surface area contributed by atoms with Gasteiger partial charge >= 0.3 is 6.09 Å². The summed E-state index contributed by atoms with van der Waals surface area (Å²) in [5.74, 6) is 1.55. The van der Waals surface area contributed by atoms with Crippen LogP contribution in [0.2, 0.25) is 0 Å². The van der Waals surface area contributed by atoms with E-state index < -0.39 is 0 Å². The summed E-state index contributed by atoms with van der Waals surface area (Å²) >= 11 is 0. The quantitative estimate of drug-likeness (QED) is 0.821. The van der Waals surface area contributed by atoms with Gasteiger partial charge in [0.05, 0.1) is 13.2 Å². The van der Waals surface area contributed by atoms with E-state index >= 15 is 0 Å². The van der Waals surface area contributed by atoms with Gasteiger partial charge in [-0.3, -0.25) is 0 Å². The Morgan fingerprint density at radius 1 is 1.24 bits per heavy atom. The highest BCUT2D eigenvalue weighted by molar-refractivity contribution is 5.69. The molecule has 1 saturated carbocycles. The number of amides is 1. The van der Waals surface area contributed by atoms with Gasteiger partial charge < -0.3 is 14.4 Å². The lowest BCUT2D eigenvalue weighted by Gasteiger charge is -2.58. The van der Waals surface area contributed by atoms with Crippen molar-refractivity contribution in [3.63, 3.8) is 0 Å². The van der Waals surface area contributed by atoms with E-state index in [1.807, 2.05) is 18.7 Å². The van der Waals surface area contributed by atoms with Gasteiger partial charge in [0.1, 0.15) is 5.75 Å². The Balaban J connectivity index is 1.75. The number of ether oxygens (including phenoxy) is 2. The molecule has 0 N–H and O–H groups in total. The van der Waals surface area contributed by atoms with Crippen LogP contribution in [0.25, 0.3) is 0 Å². The largest absolute Gasteiger partial charge is 0.494 e. The second-order valence-corrected chi connectivity index (χ2v) is 7.67. The molecule has 0 unspecified atom stereocenters. The third-order valence-corrected chi connectivity index (χ3v) is 6.62. The van der Waals surface area contributed by atoms with E-state index in [2.05, 4.69) is 18.2 Å². The van der Waals surface area contributed by atoms with Crippen molar-refractivity contribution in [2.75, 3.05) is 19.8 Å². The van der Waals surface area contributed by atoms with E-state index in [0.29, 0.717) is 25.2 Å². The molecule has 1 saturated heterocycles. The predicted molar refractivity (Wildman–Crippen MR) is 97.1 cm³/mol. The second kappa shape index (κ2) is 6.54. The Labute approximate surface area is 150 Å². The molecule has 25 heavy (non-hydrogen) atoms. The van der Waals surface area contributed by atoms with E-state index in [0.717, 1.165) is 25.1 Å². The molecule has 1 heterocycles. The van der Waals surface area contributed by atoms with Gasteiger partial charge in [0.15, 0.2) is 0 Å². The summed E-state index contributed by atoms with van der Waals surface area (Å²) in [7, 11) is 0. The van der Waals surface area contributed by atoms with Crippen LogP contribution in [0.3, 0.4) is 0 Å². The summed E-state index contributed by atoms with van der Waals surface area (Å²) in [6.07, 6.45) is 6.91. The van der Waals surface area contributed by atoms with Crippen LogP contribution in [0.1, 0.15) is 57.1 Å². The summed E-state index contributed by atoms with van der Waals surface area (Å²) in [6.45, 7) is 5.89. The van der Waals surface area contributed by atoms with Crippen molar-refractivity contribution in [1.29, 1.82) is 0 Å². The number of fused-ring (bicyclic) bond motifs is 1. The molecule has 136 valence electrons. The Kier molecular flexibility index (Phi) is 4.38. The predicted octanol–water partition coefficient (Wildman–Crippen LogP) is 4.30. The third kappa shape index (κ3) is 2.61. The zero-order chi connectivity index (χ0) is 17.4. The highest BCUT2D eigenvalue weighted by Crippen LogP contribution is 2.56. The van der Waals surface area contributed by atoms with Gasteiger partial charge in [0, 0.05) is 18.0 Å². The average Bonchev–Trinajstić information content (AvgIpc) is 2.62. The van der Waals surface area contributed by atoms with Crippen LogP contribution in [-0.2, 0) is 16.6 Å². The molecule has 4 heteroatoms. The number of benzene rings is 1. The van der Waals surface area contributed by atoms with Gasteiger partial charge in [-0.2, -0.15) is 0 Å². The molecule has 3 aliphatic rings. The third-order valence-electron chi connectivity index (χ3n) is 6.62. The standard InChI is InChI=1S/C21H29NO3/c1-3-24-16-9-8-15-13-19-17-7-5-6-10-21(17,18(15)14-16)11-12-22(19)20(23)25-4-2/h8-9,14,17,19H,3-7,10-13H2,1-2H3/t17-,19+,21+/m1/s1. The number of hydrogen-bond acceptors (Lipinski definition) is 3. The smallest absolute Gasteiger partial charge is 0.410 e. The van der Waals surface area contributed by atoms with Crippen molar-refractivity contribution >= 4 is 6.09 Å². The molecule has 2 fully saturated rings. The molecule has 3 atom stereocenters. The molecule has 2 aliphatic carbocycles. The summed E-state index contributed by atoms with van der Waals surface area (Å²) < 4.78 is 11.1. The number of hydrogen-bond donors (Lipinski definition) is 0. The summed E-state index contributed by atoms with van der Waals surface area (Å²) in [5.41, 5.74) is 3.13. The first-order valence-corrected chi connectivity index (χ1v) is 9.89. The maximum absolute atomic E-state index is 12.5. The lowest BCUT2D eigenvalue weighted by Crippen LogP contribution is -2.62. The lowest BCUT2D eigenvalue weighted by molar-refractivity contribution is -0.0110. The highest BCUT2D eigenvalue weighted by Gasteiger charge is 2.55. The molecular weight excluding hydrogens is 314 g/mol. The fraction of sp³-hybridized carbons (Fsp3) is 0.667. The number of carbonyl (C=O) groups excluding carboxylic acids is 1. The van der Waals surface area contributed by atoms with Crippen LogP contribution >= 0.6 is 0 Å². The molecule has 0 spiro atoms. The zero-order valence-electron chi connectivity index (χ0n) is 15.4. The lowest BCUT2D eigenvalue weighted by atomic mass is 9.52. The molecule has 1 amide bonds. The van der Waals surface area contributed by atoms with Gasteiger partial charge in [0.2, 0.25) is 0 Å². The van der Waals surface area contributed by atoms with Crippen molar-refractivity contribution in [2.45, 2.75) is 63.8 Å². The molecule has 4 rings (SSSR count). The maximum atomic E-state index is 12.5. The first kappa shape index (κ1) is 16.7. The van der Waals surface area contributed by atoms with E-state index in [1.165, 1.54) is 36.8 Å². The molecule has 1 aliphatic heterocycles. The average molecular weight is 343 g/mol. The zero-order valence-corrected chi connectivity index (χ0v) is 15.4. The molecule has 1 aromatic rings. The van der Waals surface area contributed by atoms with Gasteiger partial charge in [-0.05, 0) is 68.7 Å². The first-order valence-electron chi connectivity index (χ1n) is 9.89. The van der Waals surface area contributed by atoms with Crippen molar-refractivity contribution in [3.05, 3.63) is 29.3 Å². The van der Waals surface area contributed by atoms with E-state index in [-0.39, 0.29) is 11.5 Å². The molecule has 2 bridgehead atoms. The summed E-state index contributed by atoms with van der Waals surface area (Å²) in [4.78, 5) is 14.5. The van der Waals surface area contributed by atoms with Crippen LogP contribution in [0, 0.1) is 5.92 Å². The van der Waals surface area contributed by atoms with Crippen molar-refractivity contribution in [2.24, 2.45) is 5.92 Å². The number of piperidine rings is 1. The molecular formula is C21H29NO3. The van der Waals surface area contributed by atoms with Gasteiger partial charge in [0.25, 0.3) is 0 Å². The van der Waals surface area contributed by atoms with Crippen molar-refractivity contribution < 1.29 is 14.3 Å². The Bertz CT molecular complexity index is 659. The fourth-order valence-electron chi connectivity index (χ4n) is 5.67. The van der Waals surface area contributed by atoms with Crippen LogP contribution in [0.4, 0.5) is 4.79 Å². The Hall–Kier alpha value is -1.71. The van der Waals surface area contributed by atoms with Gasteiger partial charge in [-0.15, -0.1) is 0 Å². The number of rotatable bonds is 3. The normalized spacial score (nSPS) is 30.2. The van der Waals surface area contributed by atoms with Crippen molar-refractivity contribution in [1.82, 2.24) is 4.90 Å². The number of carbonyl (C=O) groups is 1. The van der Waals surface area contributed by atoms with Crippen LogP contribution in [-0.4, -0.2) is 36.8 Å². The number of likely N-dealkylation sites (tertiary alicyclic amines) is 1. The van der Waals surface area contributed by atoms with Crippen LogP contribution in [0.5, 0.6) is 5.75 Å². The minimum Gasteiger partial charge on any atom is -0.494 e. The maximum Gasteiger partial charge on any atom is 0.410 e. The highest BCUT2D eigenvalue weighted by atomic mass is 16.6. The van der Waals surface area contributed by atoms with E-state index in [9.17, 15) is 4.79 Å². The topological polar surface area (TPSA) is 38.8 Å². The van der Waals surface area contributed by atoms with Gasteiger partial charge in [-0.1, -0.05) is 18.9 Å². The fourth-order valence-corrected chi connectivity index (χ4v) is 5.67. The second-order valence-electron chi connectivity index (χ2n) is 7.67. The summed E-state index contributed by atoms with van der Waals surface area (Å²) in [6, 6.07) is 6.91. The molecule has 0 aromatic heterocycles. The summed E-state index contributed by atoms with van der Waals surface area (Å²) in [5, 5.41) is 0. The minimum absolute atomic E-state index is 0.124.